The highest BCUT2D eigenvalue weighted by Gasteiger charge is 2.18. The van der Waals surface area contributed by atoms with E-state index in [1.165, 1.54) is 48.8 Å². The van der Waals surface area contributed by atoms with Gasteiger partial charge in [0.2, 0.25) is 11.8 Å². The second kappa shape index (κ2) is 14.7. The molecule has 14 aromatic rings. The molecule has 0 saturated heterocycles. The van der Waals surface area contributed by atoms with Crippen LogP contribution in [0.25, 0.3) is 121 Å². The van der Waals surface area contributed by atoms with E-state index in [-0.39, 0.29) is 0 Å². The fraction of sp³-hybridized carbons (Fsp3) is 0. The van der Waals surface area contributed by atoms with Crippen molar-refractivity contribution in [3.63, 3.8) is 0 Å². The van der Waals surface area contributed by atoms with Crippen molar-refractivity contribution in [3.8, 4) is 34.0 Å². The largest absolute Gasteiger partial charge is 0.436 e. The first kappa shape index (κ1) is 37.3. The Morgan fingerprint density at radius 1 is 0.269 bits per heavy atom. The third-order valence-corrected chi connectivity index (χ3v) is 13.4. The average molecular weight is 856 g/mol. The average Bonchev–Trinajstić information content (AvgIpc) is 4.01. The van der Waals surface area contributed by atoms with E-state index in [1.54, 1.807) is 0 Å². The zero-order valence-corrected chi connectivity index (χ0v) is 36.0. The van der Waals surface area contributed by atoms with Gasteiger partial charge in [0.25, 0.3) is 0 Å². The summed E-state index contributed by atoms with van der Waals surface area (Å²) >= 11 is 0. The molecule has 5 heteroatoms. The SMILES string of the molecule is c1ccc2cc(-c3ccc4cc(N(c5ccc(-c6nc7cc8ccc9ccccc9c8cc7o6)cc5)c5ccc(-c6nc7cc8ccc9ccccc9c8cc7o6)cc5)ccc4c3)ccc2c1. The highest BCUT2D eigenvalue weighted by Crippen LogP contribution is 2.40. The van der Waals surface area contributed by atoms with Crippen molar-refractivity contribution < 1.29 is 8.83 Å². The molecule has 0 N–H and O–H groups in total. The molecule has 0 aliphatic carbocycles. The molecule has 14 rings (SSSR count). The smallest absolute Gasteiger partial charge is 0.227 e. The number of anilines is 3. The van der Waals surface area contributed by atoms with Gasteiger partial charge in [-0.25, -0.2) is 9.97 Å². The van der Waals surface area contributed by atoms with Crippen molar-refractivity contribution in [2.75, 3.05) is 4.90 Å². The first-order valence-corrected chi connectivity index (χ1v) is 22.6. The van der Waals surface area contributed by atoms with Gasteiger partial charge in [-0.15, -0.1) is 0 Å². The number of aromatic nitrogens is 2. The predicted molar refractivity (Wildman–Crippen MR) is 278 cm³/mol. The van der Waals surface area contributed by atoms with Crippen molar-refractivity contribution in [1.29, 1.82) is 0 Å². The van der Waals surface area contributed by atoms with E-state index >= 15 is 0 Å². The quantitative estimate of drug-likeness (QED) is 0.156. The molecule has 5 nitrogen and oxygen atoms in total. The van der Waals surface area contributed by atoms with Crippen LogP contribution in [0.1, 0.15) is 0 Å². The highest BCUT2D eigenvalue weighted by molar-refractivity contribution is 6.12. The number of nitrogens with zero attached hydrogens (tertiary/aromatic N) is 3. The molecule has 0 fully saturated rings. The van der Waals surface area contributed by atoms with E-state index in [4.69, 9.17) is 18.8 Å². The lowest BCUT2D eigenvalue weighted by Gasteiger charge is -2.26. The summed E-state index contributed by atoms with van der Waals surface area (Å²) in [6, 6.07) is 79.7. The number of rotatable bonds is 6. The van der Waals surface area contributed by atoms with E-state index in [2.05, 4.69) is 229 Å². The van der Waals surface area contributed by atoms with Gasteiger partial charge >= 0.3 is 0 Å². The number of hydrogen-bond acceptors (Lipinski definition) is 5. The Labute approximate surface area is 384 Å². The third kappa shape index (κ3) is 6.32. The second-order valence-corrected chi connectivity index (χ2v) is 17.4. The molecule has 0 spiro atoms. The van der Waals surface area contributed by atoms with Crippen LogP contribution in [0.5, 0.6) is 0 Å². The Kier molecular flexibility index (Phi) is 8.21. The standard InChI is InChI=1S/C62H37N3O2/c1-2-10-43-31-44(16-13-38(43)7-1)45-17-18-47-33-52(30-25-46(47)32-45)65(50-26-21-41(22-27-50)61-63-57-34-48-19-14-39-8-3-5-11-53(39)55(48)36-59(57)66-61)51-28-23-42(24-29-51)62-64-58-35-49-20-15-40-9-4-6-12-54(40)56(49)37-60(58)67-62/h1-37H. The summed E-state index contributed by atoms with van der Waals surface area (Å²) in [6.45, 7) is 0. The van der Waals surface area contributed by atoms with E-state index in [1.807, 2.05) is 0 Å². The normalized spacial score (nSPS) is 11.9. The van der Waals surface area contributed by atoms with E-state index in [9.17, 15) is 0 Å². The minimum Gasteiger partial charge on any atom is -0.436 e. The molecule has 0 atom stereocenters. The first-order valence-electron chi connectivity index (χ1n) is 22.6. The first-order chi connectivity index (χ1) is 33.1. The van der Waals surface area contributed by atoms with Crippen molar-refractivity contribution in [1.82, 2.24) is 9.97 Å². The zero-order chi connectivity index (χ0) is 44.0. The number of oxazole rings is 2. The molecular formula is C62H37N3O2. The lowest BCUT2D eigenvalue weighted by atomic mass is 9.98. The van der Waals surface area contributed by atoms with Gasteiger partial charge in [-0.2, -0.15) is 0 Å². The van der Waals surface area contributed by atoms with Gasteiger partial charge < -0.3 is 13.7 Å². The Hall–Kier alpha value is -9.06. The molecule has 0 radical (unpaired) electrons. The number of benzene rings is 12. The minimum atomic E-state index is 0.587. The van der Waals surface area contributed by atoms with E-state index in [0.29, 0.717) is 11.8 Å². The summed E-state index contributed by atoms with van der Waals surface area (Å²) in [7, 11) is 0. The maximum atomic E-state index is 6.47. The molecule has 2 heterocycles. The fourth-order valence-electron chi connectivity index (χ4n) is 9.98. The number of hydrogen-bond donors (Lipinski definition) is 0. The Balaban J connectivity index is 0.839. The summed E-state index contributed by atoms with van der Waals surface area (Å²) < 4.78 is 12.9. The monoisotopic (exact) mass is 855 g/mol. The van der Waals surface area contributed by atoms with Crippen molar-refractivity contribution >= 4 is 104 Å². The van der Waals surface area contributed by atoms with Crippen LogP contribution in [0.3, 0.4) is 0 Å². The van der Waals surface area contributed by atoms with Crippen LogP contribution in [0.15, 0.2) is 233 Å². The molecule has 0 aliphatic heterocycles. The molecule has 0 amide bonds. The van der Waals surface area contributed by atoms with Gasteiger partial charge in [0.05, 0.1) is 0 Å². The summed E-state index contributed by atoms with van der Waals surface area (Å²) in [5, 5.41) is 14.2. The molecule has 0 saturated carbocycles. The molecule has 2 aromatic heterocycles. The van der Waals surface area contributed by atoms with Crippen LogP contribution in [0.4, 0.5) is 17.1 Å². The van der Waals surface area contributed by atoms with Gasteiger partial charge in [0, 0.05) is 28.2 Å². The third-order valence-electron chi connectivity index (χ3n) is 13.4. The topological polar surface area (TPSA) is 55.3 Å². The van der Waals surface area contributed by atoms with Crippen LogP contribution in [-0.2, 0) is 0 Å². The summed E-state index contributed by atoms with van der Waals surface area (Å²) in [4.78, 5) is 12.2. The predicted octanol–water partition coefficient (Wildman–Crippen LogP) is 17.4. The molecule has 0 bridgehead atoms. The Morgan fingerprint density at radius 2 is 0.657 bits per heavy atom. The summed E-state index contributed by atoms with van der Waals surface area (Å²) in [5.41, 5.74) is 10.4. The molecule has 0 aliphatic rings. The second-order valence-electron chi connectivity index (χ2n) is 17.4. The summed E-state index contributed by atoms with van der Waals surface area (Å²) in [6.07, 6.45) is 0. The lowest BCUT2D eigenvalue weighted by molar-refractivity contribution is 0.620. The zero-order valence-electron chi connectivity index (χ0n) is 36.0. The Morgan fingerprint density at radius 3 is 1.21 bits per heavy atom. The molecular weight excluding hydrogens is 819 g/mol. The minimum absolute atomic E-state index is 0.587. The van der Waals surface area contributed by atoms with Gasteiger partial charge in [0.1, 0.15) is 11.0 Å². The van der Waals surface area contributed by atoms with Gasteiger partial charge in [-0.1, -0.05) is 127 Å². The lowest BCUT2D eigenvalue weighted by Crippen LogP contribution is -2.09. The van der Waals surface area contributed by atoms with Gasteiger partial charge in [-0.3, -0.25) is 0 Å². The molecule has 0 unspecified atom stereocenters. The highest BCUT2D eigenvalue weighted by atomic mass is 16.4. The Bertz CT molecular complexity index is 4080. The van der Waals surface area contributed by atoms with Crippen molar-refractivity contribution in [2.45, 2.75) is 0 Å². The van der Waals surface area contributed by atoms with Gasteiger partial charge in [0.15, 0.2) is 11.2 Å². The van der Waals surface area contributed by atoms with Crippen LogP contribution in [0, 0.1) is 0 Å². The van der Waals surface area contributed by atoms with Crippen LogP contribution >= 0.6 is 0 Å². The van der Waals surface area contributed by atoms with Gasteiger partial charge in [-0.05, 0) is 173 Å². The van der Waals surface area contributed by atoms with Crippen LogP contribution in [0.2, 0.25) is 0 Å². The van der Waals surface area contributed by atoms with Crippen molar-refractivity contribution in [3.05, 3.63) is 224 Å². The fourth-order valence-corrected chi connectivity index (χ4v) is 9.98. The molecule has 312 valence electrons. The maximum absolute atomic E-state index is 6.47. The maximum Gasteiger partial charge on any atom is 0.227 e. The summed E-state index contributed by atoms with van der Waals surface area (Å²) in [5.74, 6) is 1.17. The van der Waals surface area contributed by atoms with Crippen LogP contribution < -0.4 is 4.90 Å². The molecule has 67 heavy (non-hydrogen) atoms. The molecule has 12 aromatic carbocycles. The van der Waals surface area contributed by atoms with E-state index < -0.39 is 0 Å². The van der Waals surface area contributed by atoms with Crippen LogP contribution in [-0.4, -0.2) is 9.97 Å². The van der Waals surface area contributed by atoms with Crippen molar-refractivity contribution in [2.24, 2.45) is 0 Å². The number of fused-ring (bicyclic) bond motifs is 10. The van der Waals surface area contributed by atoms with E-state index in [0.717, 1.165) is 77.3 Å².